The zero-order valence-corrected chi connectivity index (χ0v) is 15.4. The number of carbonyl (C=O) groups excluding carboxylic acids is 1. The number of para-hydroxylation sites is 1. The fraction of sp³-hybridized carbons (Fsp3) is 0.190. The molecule has 2 N–H and O–H groups in total. The van der Waals surface area contributed by atoms with E-state index in [4.69, 9.17) is 9.47 Å². The molecule has 4 rings (SSSR count). The molecule has 6 heteroatoms. The summed E-state index contributed by atoms with van der Waals surface area (Å²) in [5.41, 5.74) is 4.05. The van der Waals surface area contributed by atoms with E-state index >= 15 is 0 Å². The van der Waals surface area contributed by atoms with Crippen LogP contribution in [-0.2, 0) is 11.8 Å². The van der Waals surface area contributed by atoms with E-state index in [0.717, 1.165) is 22.0 Å². The van der Waals surface area contributed by atoms with Gasteiger partial charge in [0.1, 0.15) is 0 Å². The van der Waals surface area contributed by atoms with Crippen LogP contribution in [0.15, 0.2) is 42.6 Å². The van der Waals surface area contributed by atoms with Gasteiger partial charge in [0.2, 0.25) is 5.75 Å². The third-order valence-electron chi connectivity index (χ3n) is 4.93. The number of nitrogens with one attached hydrogen (secondary N) is 1. The Labute approximate surface area is 156 Å². The predicted molar refractivity (Wildman–Crippen MR) is 104 cm³/mol. The molecule has 3 aromatic rings. The molecule has 0 aliphatic carbocycles. The molecule has 6 nitrogen and oxygen atoms in total. The van der Waals surface area contributed by atoms with Crippen LogP contribution in [0.25, 0.3) is 22.0 Å². The number of ether oxygens (including phenoxy) is 2. The molecule has 1 aliphatic rings. The SMILES string of the molecule is COc1cc(C2=C(c3cn(C)c4ccccc34)C(=O)NC2)cc(O)c1OC. The Morgan fingerprint density at radius 3 is 2.67 bits per heavy atom. The highest BCUT2D eigenvalue weighted by molar-refractivity contribution is 6.32. The van der Waals surface area contributed by atoms with E-state index in [2.05, 4.69) is 5.32 Å². The number of benzene rings is 2. The number of phenolic OH excluding ortho intramolecular Hbond substituents is 1. The van der Waals surface area contributed by atoms with Crippen molar-refractivity contribution in [3.8, 4) is 17.2 Å². The molecule has 27 heavy (non-hydrogen) atoms. The summed E-state index contributed by atoms with van der Waals surface area (Å²) in [5, 5.41) is 14.2. The summed E-state index contributed by atoms with van der Waals surface area (Å²) >= 11 is 0. The van der Waals surface area contributed by atoms with Gasteiger partial charge in [0.15, 0.2) is 11.5 Å². The summed E-state index contributed by atoms with van der Waals surface area (Å²) in [5.74, 6) is 0.522. The van der Waals surface area contributed by atoms with Gasteiger partial charge >= 0.3 is 0 Å². The Morgan fingerprint density at radius 1 is 1.15 bits per heavy atom. The van der Waals surface area contributed by atoms with E-state index in [-0.39, 0.29) is 17.4 Å². The van der Waals surface area contributed by atoms with Crippen LogP contribution in [-0.4, -0.2) is 36.3 Å². The number of carbonyl (C=O) groups is 1. The van der Waals surface area contributed by atoms with Gasteiger partial charge in [0.25, 0.3) is 5.91 Å². The van der Waals surface area contributed by atoms with Gasteiger partial charge in [-0.25, -0.2) is 0 Å². The topological polar surface area (TPSA) is 72.7 Å². The number of aromatic hydroxyl groups is 1. The zero-order chi connectivity index (χ0) is 19.1. The predicted octanol–water partition coefficient (Wildman–Crippen LogP) is 2.94. The van der Waals surface area contributed by atoms with Crippen molar-refractivity contribution in [1.29, 1.82) is 0 Å². The van der Waals surface area contributed by atoms with Crippen LogP contribution in [0, 0.1) is 0 Å². The molecule has 0 atom stereocenters. The van der Waals surface area contributed by atoms with Crippen LogP contribution < -0.4 is 14.8 Å². The summed E-state index contributed by atoms with van der Waals surface area (Å²) < 4.78 is 12.6. The number of aromatic nitrogens is 1. The molecule has 2 aromatic carbocycles. The molecule has 0 bridgehead atoms. The first-order chi connectivity index (χ1) is 13.0. The second-order valence-electron chi connectivity index (χ2n) is 6.44. The first-order valence-corrected chi connectivity index (χ1v) is 8.56. The largest absolute Gasteiger partial charge is 0.504 e. The molecule has 2 heterocycles. The van der Waals surface area contributed by atoms with Crippen molar-refractivity contribution in [3.05, 3.63) is 53.7 Å². The number of fused-ring (bicyclic) bond motifs is 1. The average Bonchev–Trinajstić information content (AvgIpc) is 3.21. The Hall–Kier alpha value is -3.41. The quantitative estimate of drug-likeness (QED) is 0.747. The third kappa shape index (κ3) is 2.61. The molecular weight excluding hydrogens is 344 g/mol. The van der Waals surface area contributed by atoms with Crippen LogP contribution >= 0.6 is 0 Å². The monoisotopic (exact) mass is 364 g/mol. The van der Waals surface area contributed by atoms with Gasteiger partial charge in [-0.15, -0.1) is 0 Å². The van der Waals surface area contributed by atoms with Crippen molar-refractivity contribution in [1.82, 2.24) is 9.88 Å². The third-order valence-corrected chi connectivity index (χ3v) is 4.93. The minimum absolute atomic E-state index is 0.0315. The van der Waals surface area contributed by atoms with Crippen LogP contribution in [0.5, 0.6) is 17.2 Å². The number of aryl methyl sites for hydroxylation is 1. The zero-order valence-electron chi connectivity index (χ0n) is 15.4. The fourth-order valence-corrected chi connectivity index (χ4v) is 3.67. The van der Waals surface area contributed by atoms with Crippen molar-refractivity contribution >= 4 is 28.0 Å². The molecule has 0 radical (unpaired) electrons. The molecule has 0 unspecified atom stereocenters. The minimum Gasteiger partial charge on any atom is -0.504 e. The normalized spacial score (nSPS) is 14.0. The second-order valence-corrected chi connectivity index (χ2v) is 6.44. The maximum Gasteiger partial charge on any atom is 0.252 e. The summed E-state index contributed by atoms with van der Waals surface area (Å²) in [7, 11) is 4.94. The van der Waals surface area contributed by atoms with E-state index in [9.17, 15) is 9.90 Å². The fourth-order valence-electron chi connectivity index (χ4n) is 3.67. The highest BCUT2D eigenvalue weighted by atomic mass is 16.5. The smallest absolute Gasteiger partial charge is 0.252 e. The van der Waals surface area contributed by atoms with E-state index < -0.39 is 0 Å². The standard InChI is InChI=1S/C21H20N2O4/c1-23-11-15(13-6-4-5-7-16(13)23)19-14(10-22-21(19)25)12-8-17(24)20(27-3)18(9-12)26-2/h4-9,11,24H,10H2,1-3H3,(H,22,25). The highest BCUT2D eigenvalue weighted by Crippen LogP contribution is 2.42. The molecule has 1 aromatic heterocycles. The van der Waals surface area contributed by atoms with Crippen molar-refractivity contribution in [3.63, 3.8) is 0 Å². The van der Waals surface area contributed by atoms with Crippen molar-refractivity contribution in [2.75, 3.05) is 20.8 Å². The van der Waals surface area contributed by atoms with Crippen molar-refractivity contribution < 1.29 is 19.4 Å². The molecule has 138 valence electrons. The molecule has 0 saturated carbocycles. The lowest BCUT2D eigenvalue weighted by molar-refractivity contribution is -0.114. The molecule has 0 fully saturated rings. The lowest BCUT2D eigenvalue weighted by atomic mass is 9.96. The molecule has 1 amide bonds. The maximum absolute atomic E-state index is 12.7. The summed E-state index contributed by atoms with van der Waals surface area (Å²) in [6, 6.07) is 11.3. The lowest BCUT2D eigenvalue weighted by Gasteiger charge is -2.13. The van der Waals surface area contributed by atoms with Crippen LogP contribution in [0.2, 0.25) is 0 Å². The molecule has 0 saturated heterocycles. The number of hydrogen-bond donors (Lipinski definition) is 2. The Balaban J connectivity index is 1.97. The van der Waals surface area contributed by atoms with Gasteiger partial charge in [-0.1, -0.05) is 18.2 Å². The maximum atomic E-state index is 12.7. The number of phenols is 1. The van der Waals surface area contributed by atoms with Crippen LogP contribution in [0.4, 0.5) is 0 Å². The number of hydrogen-bond acceptors (Lipinski definition) is 4. The van der Waals surface area contributed by atoms with Gasteiger partial charge in [0, 0.05) is 36.3 Å². The van der Waals surface area contributed by atoms with E-state index in [1.165, 1.54) is 14.2 Å². The average molecular weight is 364 g/mol. The summed E-state index contributed by atoms with van der Waals surface area (Å²) in [4.78, 5) is 12.7. The molecule has 1 aliphatic heterocycles. The van der Waals surface area contributed by atoms with E-state index in [0.29, 0.717) is 23.4 Å². The number of nitrogens with zero attached hydrogens (tertiary/aromatic N) is 1. The van der Waals surface area contributed by atoms with Gasteiger partial charge in [0.05, 0.1) is 19.8 Å². The number of methoxy groups -OCH3 is 2. The highest BCUT2D eigenvalue weighted by Gasteiger charge is 2.28. The van der Waals surface area contributed by atoms with Crippen molar-refractivity contribution in [2.24, 2.45) is 7.05 Å². The summed E-state index contributed by atoms with van der Waals surface area (Å²) in [6.07, 6.45) is 1.96. The van der Waals surface area contributed by atoms with Crippen LogP contribution in [0.1, 0.15) is 11.1 Å². The van der Waals surface area contributed by atoms with Gasteiger partial charge in [-0.05, 0) is 29.3 Å². The summed E-state index contributed by atoms with van der Waals surface area (Å²) in [6.45, 7) is 0.381. The Kier molecular flexibility index (Phi) is 4.03. The van der Waals surface area contributed by atoms with Gasteiger partial charge in [-0.3, -0.25) is 4.79 Å². The van der Waals surface area contributed by atoms with E-state index in [1.807, 2.05) is 42.1 Å². The van der Waals surface area contributed by atoms with Gasteiger partial charge < -0.3 is 24.5 Å². The van der Waals surface area contributed by atoms with Crippen LogP contribution in [0.3, 0.4) is 0 Å². The minimum atomic E-state index is -0.129. The van der Waals surface area contributed by atoms with E-state index in [1.54, 1.807) is 12.1 Å². The second kappa shape index (κ2) is 6.39. The first-order valence-electron chi connectivity index (χ1n) is 8.56. The Bertz CT molecular complexity index is 1090. The van der Waals surface area contributed by atoms with Gasteiger partial charge in [-0.2, -0.15) is 0 Å². The molecular formula is C21H20N2O4. The Morgan fingerprint density at radius 2 is 1.93 bits per heavy atom. The first kappa shape index (κ1) is 17.0. The number of rotatable bonds is 4. The molecule has 0 spiro atoms. The lowest BCUT2D eigenvalue weighted by Crippen LogP contribution is -2.16. The van der Waals surface area contributed by atoms with Crippen molar-refractivity contribution in [2.45, 2.75) is 0 Å². The number of amides is 1.